The van der Waals surface area contributed by atoms with Crippen molar-refractivity contribution in [3.63, 3.8) is 0 Å². The van der Waals surface area contributed by atoms with Crippen LogP contribution in [0.1, 0.15) is 17.4 Å². The maximum atomic E-state index is 14.4. The Balaban J connectivity index is 1.65. The fourth-order valence-electron chi connectivity index (χ4n) is 3.58. The van der Waals surface area contributed by atoms with Gasteiger partial charge in [-0.05, 0) is 49.4 Å². The molecule has 2 amide bonds. The lowest BCUT2D eigenvalue weighted by molar-refractivity contribution is 0.0563. The Morgan fingerprint density at radius 2 is 1.62 bits per heavy atom. The van der Waals surface area contributed by atoms with Gasteiger partial charge in [0.2, 0.25) is 0 Å². The molecule has 0 atom stereocenters. The molecule has 166 valence electrons. The Hall–Kier alpha value is -3.75. The number of benzene rings is 2. The highest BCUT2D eigenvalue weighted by Gasteiger charge is 2.28. The summed E-state index contributed by atoms with van der Waals surface area (Å²) in [5.74, 6) is -1.19. The summed E-state index contributed by atoms with van der Waals surface area (Å²) in [4.78, 5) is 28.4. The fourth-order valence-corrected chi connectivity index (χ4v) is 3.58. The number of piperazine rings is 1. The van der Waals surface area contributed by atoms with Gasteiger partial charge in [-0.1, -0.05) is 12.1 Å². The Morgan fingerprint density at radius 1 is 0.969 bits per heavy atom. The van der Waals surface area contributed by atoms with Crippen LogP contribution in [0.5, 0.6) is 0 Å². The van der Waals surface area contributed by atoms with E-state index in [1.54, 1.807) is 34.9 Å². The van der Waals surface area contributed by atoms with Crippen molar-refractivity contribution in [3.05, 3.63) is 71.9 Å². The topological polar surface area (TPSA) is 67.7 Å². The fraction of sp³-hybridized carbons (Fsp3) is 0.261. The standard InChI is InChI=1S/C23H22F2N4O3/c1-2-32-23(31)28-13-11-27(12-14-28)22(30)21-15-20(18-5-3-4-6-19(18)25)26-29(21)17-9-7-16(24)8-10-17/h3-10,15H,2,11-14H2,1H3. The van der Waals surface area contributed by atoms with E-state index in [2.05, 4.69) is 5.10 Å². The van der Waals surface area contributed by atoms with E-state index < -0.39 is 17.7 Å². The third-order valence-corrected chi connectivity index (χ3v) is 5.24. The average molecular weight is 440 g/mol. The van der Waals surface area contributed by atoms with Crippen molar-refractivity contribution in [2.45, 2.75) is 6.92 Å². The molecule has 0 aliphatic carbocycles. The third-order valence-electron chi connectivity index (χ3n) is 5.24. The van der Waals surface area contributed by atoms with E-state index in [1.807, 2.05) is 0 Å². The highest BCUT2D eigenvalue weighted by molar-refractivity contribution is 5.94. The predicted molar refractivity (Wildman–Crippen MR) is 113 cm³/mol. The number of aromatic nitrogens is 2. The zero-order chi connectivity index (χ0) is 22.7. The normalized spacial score (nSPS) is 13.8. The van der Waals surface area contributed by atoms with E-state index in [9.17, 15) is 18.4 Å². The smallest absolute Gasteiger partial charge is 0.409 e. The number of hydrogen-bond acceptors (Lipinski definition) is 4. The van der Waals surface area contributed by atoms with Gasteiger partial charge in [-0.3, -0.25) is 4.79 Å². The van der Waals surface area contributed by atoms with Crippen LogP contribution in [0, 0.1) is 11.6 Å². The Kier molecular flexibility index (Phi) is 6.16. The molecule has 0 N–H and O–H groups in total. The maximum absolute atomic E-state index is 14.4. The molecule has 0 unspecified atom stereocenters. The number of carbonyl (C=O) groups excluding carboxylic acids is 2. The van der Waals surface area contributed by atoms with E-state index in [1.165, 1.54) is 41.1 Å². The SMILES string of the molecule is CCOC(=O)N1CCN(C(=O)c2cc(-c3ccccc3F)nn2-c2ccc(F)cc2)CC1. The summed E-state index contributed by atoms with van der Waals surface area (Å²) in [5, 5.41) is 4.45. The quantitative estimate of drug-likeness (QED) is 0.620. The van der Waals surface area contributed by atoms with Crippen molar-refractivity contribution in [1.82, 2.24) is 19.6 Å². The molecular weight excluding hydrogens is 418 g/mol. The maximum Gasteiger partial charge on any atom is 0.409 e. The van der Waals surface area contributed by atoms with Gasteiger partial charge in [0, 0.05) is 31.7 Å². The first-order chi connectivity index (χ1) is 15.5. The molecule has 0 spiro atoms. The molecule has 7 nitrogen and oxygen atoms in total. The van der Waals surface area contributed by atoms with Crippen LogP contribution >= 0.6 is 0 Å². The van der Waals surface area contributed by atoms with Gasteiger partial charge in [0.1, 0.15) is 17.3 Å². The van der Waals surface area contributed by atoms with E-state index >= 15 is 0 Å². The van der Waals surface area contributed by atoms with E-state index in [0.29, 0.717) is 37.6 Å². The molecule has 1 aliphatic rings. The second-order valence-electron chi connectivity index (χ2n) is 7.26. The van der Waals surface area contributed by atoms with Crippen LogP contribution in [0.25, 0.3) is 16.9 Å². The number of hydrogen-bond donors (Lipinski definition) is 0. The van der Waals surface area contributed by atoms with Crippen molar-refractivity contribution < 1.29 is 23.1 Å². The summed E-state index contributed by atoms with van der Waals surface area (Å²) in [6.45, 7) is 3.35. The summed E-state index contributed by atoms with van der Waals surface area (Å²) in [6, 6.07) is 13.2. The van der Waals surface area contributed by atoms with Gasteiger partial charge in [-0.25, -0.2) is 18.3 Å². The molecule has 0 saturated carbocycles. The lowest BCUT2D eigenvalue weighted by Gasteiger charge is -2.34. The largest absolute Gasteiger partial charge is 0.450 e. The molecule has 2 aromatic carbocycles. The molecule has 9 heteroatoms. The molecule has 1 saturated heterocycles. The zero-order valence-corrected chi connectivity index (χ0v) is 17.5. The summed E-state index contributed by atoms with van der Waals surface area (Å²) in [6.07, 6.45) is -0.405. The third kappa shape index (κ3) is 4.32. The van der Waals surface area contributed by atoms with E-state index in [0.717, 1.165) is 0 Å². The molecule has 2 heterocycles. The molecule has 1 fully saturated rings. The van der Waals surface area contributed by atoms with Crippen molar-refractivity contribution in [3.8, 4) is 16.9 Å². The molecule has 32 heavy (non-hydrogen) atoms. The number of amides is 2. The Bertz CT molecular complexity index is 1120. The van der Waals surface area contributed by atoms with Crippen LogP contribution < -0.4 is 0 Å². The highest BCUT2D eigenvalue weighted by atomic mass is 19.1. The van der Waals surface area contributed by atoms with Gasteiger partial charge >= 0.3 is 6.09 Å². The van der Waals surface area contributed by atoms with Crippen molar-refractivity contribution in [2.75, 3.05) is 32.8 Å². The number of carbonyl (C=O) groups is 2. The minimum Gasteiger partial charge on any atom is -0.450 e. The molecule has 0 bridgehead atoms. The second-order valence-corrected chi connectivity index (χ2v) is 7.26. The Labute approximate surface area is 183 Å². The van der Waals surface area contributed by atoms with Gasteiger partial charge in [-0.15, -0.1) is 0 Å². The monoisotopic (exact) mass is 440 g/mol. The number of ether oxygens (including phenoxy) is 1. The number of halogens is 2. The van der Waals surface area contributed by atoms with E-state index in [-0.39, 0.29) is 23.8 Å². The van der Waals surface area contributed by atoms with Crippen LogP contribution in [0.15, 0.2) is 54.6 Å². The molecule has 0 radical (unpaired) electrons. The summed E-state index contributed by atoms with van der Waals surface area (Å²) < 4.78 is 34.2. The van der Waals surface area contributed by atoms with Gasteiger partial charge in [0.05, 0.1) is 18.0 Å². The van der Waals surface area contributed by atoms with Crippen LogP contribution in [0.3, 0.4) is 0 Å². The molecular formula is C23H22F2N4O3. The predicted octanol–water partition coefficient (Wildman–Crippen LogP) is 3.73. The zero-order valence-electron chi connectivity index (χ0n) is 17.5. The van der Waals surface area contributed by atoms with Crippen molar-refractivity contribution in [2.24, 2.45) is 0 Å². The van der Waals surface area contributed by atoms with Gasteiger partial charge in [0.25, 0.3) is 5.91 Å². The molecule has 3 aromatic rings. The average Bonchev–Trinajstić information content (AvgIpc) is 3.25. The summed E-state index contributed by atoms with van der Waals surface area (Å²) >= 11 is 0. The van der Waals surface area contributed by atoms with Gasteiger partial charge < -0.3 is 14.5 Å². The van der Waals surface area contributed by atoms with Crippen LogP contribution in [-0.2, 0) is 4.74 Å². The first-order valence-electron chi connectivity index (χ1n) is 10.3. The molecule has 1 aromatic heterocycles. The van der Waals surface area contributed by atoms with Crippen LogP contribution in [-0.4, -0.2) is 64.4 Å². The van der Waals surface area contributed by atoms with Crippen LogP contribution in [0.4, 0.5) is 13.6 Å². The van der Waals surface area contributed by atoms with Crippen LogP contribution in [0.2, 0.25) is 0 Å². The summed E-state index contributed by atoms with van der Waals surface area (Å²) in [7, 11) is 0. The highest BCUT2D eigenvalue weighted by Crippen LogP contribution is 2.25. The molecule has 4 rings (SSSR count). The first-order valence-corrected chi connectivity index (χ1v) is 10.3. The minimum atomic E-state index is -0.460. The lowest BCUT2D eigenvalue weighted by Crippen LogP contribution is -2.51. The van der Waals surface area contributed by atoms with Gasteiger partial charge in [0.15, 0.2) is 0 Å². The van der Waals surface area contributed by atoms with E-state index in [4.69, 9.17) is 4.74 Å². The minimum absolute atomic E-state index is 0.222. The number of rotatable bonds is 4. The Morgan fingerprint density at radius 3 is 2.28 bits per heavy atom. The van der Waals surface area contributed by atoms with Crippen molar-refractivity contribution >= 4 is 12.0 Å². The lowest BCUT2D eigenvalue weighted by atomic mass is 10.1. The summed E-state index contributed by atoms with van der Waals surface area (Å²) in [5.41, 5.74) is 1.25. The second kappa shape index (κ2) is 9.17. The number of nitrogens with zero attached hydrogens (tertiary/aromatic N) is 4. The van der Waals surface area contributed by atoms with Crippen molar-refractivity contribution in [1.29, 1.82) is 0 Å². The molecule has 1 aliphatic heterocycles. The first kappa shape index (κ1) is 21.5. The van der Waals surface area contributed by atoms with Gasteiger partial charge in [-0.2, -0.15) is 5.10 Å².